The first-order chi connectivity index (χ1) is 40.7. The normalized spacial score (nSPS) is 9.72. The average molecular weight is 1390 g/mol. The molecule has 0 atom stereocenters. The van der Waals surface area contributed by atoms with Gasteiger partial charge in [0, 0.05) is 44.0 Å². The van der Waals surface area contributed by atoms with Crippen molar-refractivity contribution in [1.29, 1.82) is 0 Å². The molecule has 0 unspecified atom stereocenters. The molecule has 0 amide bonds. The minimum atomic E-state index is -4.33. The zero-order valence-corrected chi connectivity index (χ0v) is 56.3. The lowest BCUT2D eigenvalue weighted by atomic mass is 10.1. The van der Waals surface area contributed by atoms with Crippen molar-refractivity contribution >= 4 is 61.7 Å². The van der Waals surface area contributed by atoms with Crippen molar-refractivity contribution in [1.82, 2.24) is 24.9 Å². The third-order valence-corrected chi connectivity index (χ3v) is 14.9. The largest absolute Gasteiger partial charge is 0.433 e. The smallest absolute Gasteiger partial charge is 0.258 e. The summed E-state index contributed by atoms with van der Waals surface area (Å²) in [4.78, 5) is 18.6. The van der Waals surface area contributed by atoms with Crippen LogP contribution in [0.2, 0.25) is 10.2 Å². The summed E-state index contributed by atoms with van der Waals surface area (Å²) in [5, 5.41) is 1.43. The molecule has 0 fully saturated rings. The van der Waals surface area contributed by atoms with Gasteiger partial charge in [0.15, 0.2) is 0 Å². The van der Waals surface area contributed by atoms with E-state index in [0.717, 1.165) is 40.2 Å². The molecule has 0 spiro atoms. The Morgan fingerprint density at radius 2 is 0.826 bits per heavy atom. The Kier molecular flexibility index (Phi) is 39.3. The number of pyridine rings is 3. The molecule has 0 saturated heterocycles. The maximum absolute atomic E-state index is 12.3. The fourth-order valence-electron chi connectivity index (χ4n) is 6.33. The number of alkyl halides is 5. The zero-order valence-electron chi connectivity index (χ0n) is 51.0. The molecular formula is C71H77BrCl2F6IN5. The van der Waals surface area contributed by atoms with Crippen LogP contribution in [0.25, 0.3) is 0 Å². The molecule has 4 aromatic heterocycles. The van der Waals surface area contributed by atoms with Crippen molar-refractivity contribution < 1.29 is 26.3 Å². The van der Waals surface area contributed by atoms with Gasteiger partial charge in [-0.2, -0.15) is 13.2 Å². The van der Waals surface area contributed by atoms with Crippen molar-refractivity contribution in [3.8, 4) is 0 Å². The molecule has 0 aliphatic carbocycles. The Hall–Kier alpha value is -6.78. The van der Waals surface area contributed by atoms with E-state index in [1.165, 1.54) is 72.7 Å². The Bertz CT molecular complexity index is 2900. The molecule has 6 aromatic carbocycles. The molecular weight excluding hydrogens is 1310 g/mol. The number of nitrogens with zero attached hydrogens (tertiary/aromatic N) is 5. The van der Waals surface area contributed by atoms with Crippen molar-refractivity contribution in [2.24, 2.45) is 0 Å². The average Bonchev–Trinajstić information content (AvgIpc) is 3.68. The summed E-state index contributed by atoms with van der Waals surface area (Å²) in [7, 11) is 0. The summed E-state index contributed by atoms with van der Waals surface area (Å²) < 4.78 is 74.7. The Balaban J connectivity index is 0.000000479. The molecule has 0 aliphatic heterocycles. The van der Waals surface area contributed by atoms with Crippen LogP contribution in [0.15, 0.2) is 217 Å². The van der Waals surface area contributed by atoms with Crippen LogP contribution in [0.1, 0.15) is 97.3 Å². The summed E-state index contributed by atoms with van der Waals surface area (Å²) in [5.74, 6) is -0.132. The van der Waals surface area contributed by atoms with Crippen molar-refractivity contribution in [2.75, 3.05) is 0 Å². The molecule has 10 rings (SSSR count). The van der Waals surface area contributed by atoms with Crippen LogP contribution in [0.4, 0.5) is 26.3 Å². The lowest BCUT2D eigenvalue weighted by Gasteiger charge is -2.06. The van der Waals surface area contributed by atoms with Gasteiger partial charge in [0.25, 0.3) is 6.43 Å². The van der Waals surface area contributed by atoms with Gasteiger partial charge >= 0.3 is 6.18 Å². The SMILES string of the molecule is CCc1ccccc1C.Cc1ccccc1Br.Cc1ccccc1C.Cc1ccccc1Cl.Cc1ccccc1F.Cc1ccccc1I.Cc1cccnc1C(F)(F)F.Cc1cccnc1C(F)F.Cc1cccnc1Cl.Cc1nccnc1C. The zero-order chi connectivity index (χ0) is 64.6. The van der Waals surface area contributed by atoms with Gasteiger partial charge in [-0.05, 0) is 216 Å². The van der Waals surface area contributed by atoms with E-state index in [1.54, 1.807) is 56.7 Å². The molecule has 0 N–H and O–H groups in total. The van der Waals surface area contributed by atoms with Crippen molar-refractivity contribution in [3.63, 3.8) is 0 Å². The first-order valence-corrected chi connectivity index (χ1v) is 29.7. The number of aryl methyl sites for hydroxylation is 13. The topological polar surface area (TPSA) is 64.5 Å². The van der Waals surface area contributed by atoms with Crippen molar-refractivity contribution in [2.45, 2.75) is 109 Å². The van der Waals surface area contributed by atoms with Gasteiger partial charge in [0.05, 0.1) is 11.4 Å². The second-order valence-corrected chi connectivity index (χ2v) is 21.7. The van der Waals surface area contributed by atoms with Gasteiger partial charge in [-0.1, -0.05) is 186 Å². The van der Waals surface area contributed by atoms with Crippen LogP contribution < -0.4 is 0 Å². The summed E-state index contributed by atoms with van der Waals surface area (Å²) in [6.45, 7) is 25.3. The lowest BCUT2D eigenvalue weighted by Crippen LogP contribution is -2.09. The standard InChI is InChI=1S/C9H12.C8H10.C7H7Br.C7H7Cl.C7H6F3N.C7H7F2N.C7H7F.C7H7I.C6H6ClN.C6H8N2/c1-3-9-7-5-4-6-8(9)2;1-7-5-3-4-6-8(7)2;2*1-6-4-2-3-5-7(6)8;1-5-3-2-4-11-6(5)7(8,9)10;1-5-3-2-4-10-6(5)7(8)9;2*1-6-4-2-3-5-7(6)8;1-5-3-2-4-8-6(5)7;1-5-6(2)8-4-3-7-5/h4-7H,3H2,1-2H3;3-6H,1-2H3;2*2-5H,1H3;2-4H,1H3;2-4,7H,1H3;2*2-5H,1H3;2-4H,1H3;3-4H,1-2H3. The van der Waals surface area contributed by atoms with E-state index in [1.807, 2.05) is 88.4 Å². The second-order valence-electron chi connectivity index (χ2n) is 18.9. The quantitative estimate of drug-likeness (QED) is 0.0980. The lowest BCUT2D eigenvalue weighted by molar-refractivity contribution is -0.141. The molecule has 0 radical (unpaired) electrons. The maximum atomic E-state index is 12.3. The van der Waals surface area contributed by atoms with E-state index in [-0.39, 0.29) is 17.1 Å². The first-order valence-electron chi connectivity index (χ1n) is 27.1. The Morgan fingerprint density at radius 1 is 0.419 bits per heavy atom. The third kappa shape index (κ3) is 33.8. The first kappa shape index (κ1) is 77.2. The Morgan fingerprint density at radius 3 is 1.10 bits per heavy atom. The highest BCUT2D eigenvalue weighted by Gasteiger charge is 2.33. The van der Waals surface area contributed by atoms with E-state index in [4.69, 9.17) is 23.2 Å². The van der Waals surface area contributed by atoms with Gasteiger partial charge in [-0.25, -0.2) is 18.2 Å². The van der Waals surface area contributed by atoms with Crippen LogP contribution in [0.3, 0.4) is 0 Å². The number of benzene rings is 6. The minimum absolute atomic E-state index is 0.123. The summed E-state index contributed by atoms with van der Waals surface area (Å²) in [6.07, 6.45) is 1.93. The molecule has 15 heteroatoms. The summed E-state index contributed by atoms with van der Waals surface area (Å²) in [5.41, 5.74) is 12.9. The van der Waals surface area contributed by atoms with E-state index in [2.05, 4.69) is 184 Å². The molecule has 4 heterocycles. The summed E-state index contributed by atoms with van der Waals surface area (Å²) in [6, 6.07) is 57.7. The van der Waals surface area contributed by atoms with Gasteiger partial charge in [-0.15, -0.1) is 0 Å². The predicted octanol–water partition coefficient (Wildman–Crippen LogP) is 22.9. The molecule has 86 heavy (non-hydrogen) atoms. The van der Waals surface area contributed by atoms with Crippen LogP contribution in [-0.2, 0) is 12.6 Å². The van der Waals surface area contributed by atoms with Gasteiger partial charge in [0.2, 0.25) is 0 Å². The summed E-state index contributed by atoms with van der Waals surface area (Å²) >= 11 is 17.0. The fourth-order valence-corrected chi connectivity index (χ4v) is 7.25. The molecule has 0 saturated carbocycles. The van der Waals surface area contributed by atoms with Gasteiger partial charge in [0.1, 0.15) is 22.4 Å². The number of hydrogen-bond acceptors (Lipinski definition) is 5. The number of rotatable bonds is 2. The van der Waals surface area contributed by atoms with Gasteiger partial charge in [-0.3, -0.25) is 19.9 Å². The molecule has 0 aliphatic rings. The van der Waals surface area contributed by atoms with E-state index in [0.29, 0.717) is 16.3 Å². The van der Waals surface area contributed by atoms with E-state index >= 15 is 0 Å². The van der Waals surface area contributed by atoms with Crippen LogP contribution in [0, 0.1) is 92.5 Å². The van der Waals surface area contributed by atoms with Crippen LogP contribution in [0.5, 0.6) is 0 Å². The third-order valence-electron chi connectivity index (χ3n) is 12.0. The highest BCUT2D eigenvalue weighted by atomic mass is 127. The highest BCUT2D eigenvalue weighted by Crippen LogP contribution is 2.29. The molecule has 0 bridgehead atoms. The van der Waals surface area contributed by atoms with Crippen LogP contribution in [-0.4, -0.2) is 24.9 Å². The van der Waals surface area contributed by atoms with E-state index in [9.17, 15) is 26.3 Å². The number of aromatic nitrogens is 5. The minimum Gasteiger partial charge on any atom is -0.258 e. The van der Waals surface area contributed by atoms with Gasteiger partial charge < -0.3 is 0 Å². The molecule has 456 valence electrons. The second kappa shape index (κ2) is 43.8. The predicted molar refractivity (Wildman–Crippen MR) is 360 cm³/mol. The molecule has 10 aromatic rings. The number of hydrogen-bond donors (Lipinski definition) is 0. The Labute approximate surface area is 539 Å². The number of halogens is 10. The van der Waals surface area contributed by atoms with Crippen LogP contribution >= 0.6 is 61.7 Å². The van der Waals surface area contributed by atoms with Crippen molar-refractivity contribution in [3.05, 3.63) is 321 Å². The fraction of sp³-hybridized carbons (Fsp3) is 0.225. The maximum Gasteiger partial charge on any atom is 0.433 e. The molecule has 5 nitrogen and oxygen atoms in total. The monoisotopic (exact) mass is 1390 g/mol. The highest BCUT2D eigenvalue weighted by molar-refractivity contribution is 14.1. The van der Waals surface area contributed by atoms with E-state index < -0.39 is 18.3 Å².